The van der Waals surface area contributed by atoms with Crippen molar-refractivity contribution in [2.45, 2.75) is 24.8 Å². The van der Waals surface area contributed by atoms with Crippen LogP contribution in [0.25, 0.3) is 16.5 Å². The van der Waals surface area contributed by atoms with Gasteiger partial charge in [0, 0.05) is 39.3 Å². The fourth-order valence-corrected chi connectivity index (χ4v) is 5.75. The molecule has 32 heavy (non-hydrogen) atoms. The first-order valence-electron chi connectivity index (χ1n) is 10.9. The van der Waals surface area contributed by atoms with Gasteiger partial charge in [-0.2, -0.15) is 0 Å². The molecule has 1 aromatic heterocycles. The van der Waals surface area contributed by atoms with Crippen LogP contribution in [0.5, 0.6) is 0 Å². The number of pyridine rings is 1. The van der Waals surface area contributed by atoms with Gasteiger partial charge in [0.2, 0.25) is 0 Å². The standard InChI is InChI=1S/C28H21BrN2O/c29-22-11-5-4-9-19(22)28-27-21(15-18(16-25(27)32)17-7-2-1-3-8-17)26-20-10-6-14-30-23(20)12-13-24(26)31-28/h1-14,18,28,31H,15-16H2/t18-,28+/m0/s1. The number of hydrogen-bond acceptors (Lipinski definition) is 3. The van der Waals surface area contributed by atoms with E-state index in [-0.39, 0.29) is 17.7 Å². The monoisotopic (exact) mass is 480 g/mol. The normalized spacial score (nSPS) is 20.0. The number of hydrogen-bond donors (Lipinski definition) is 1. The van der Waals surface area contributed by atoms with Gasteiger partial charge in [0.05, 0.1) is 11.6 Å². The Morgan fingerprint density at radius 3 is 2.53 bits per heavy atom. The molecule has 1 aliphatic carbocycles. The minimum atomic E-state index is -0.175. The lowest BCUT2D eigenvalue weighted by molar-refractivity contribution is -0.116. The van der Waals surface area contributed by atoms with Crippen LogP contribution in [0, 0.1) is 0 Å². The van der Waals surface area contributed by atoms with Crippen molar-refractivity contribution < 1.29 is 4.79 Å². The van der Waals surface area contributed by atoms with E-state index in [4.69, 9.17) is 0 Å². The van der Waals surface area contributed by atoms with E-state index in [1.807, 2.05) is 36.5 Å². The maximum absolute atomic E-state index is 13.7. The van der Waals surface area contributed by atoms with Crippen LogP contribution in [0.3, 0.4) is 0 Å². The van der Waals surface area contributed by atoms with Gasteiger partial charge in [0.25, 0.3) is 0 Å². The van der Waals surface area contributed by atoms with Gasteiger partial charge in [-0.1, -0.05) is 70.5 Å². The fraction of sp³-hybridized carbons (Fsp3) is 0.143. The minimum Gasteiger partial charge on any atom is -0.373 e. The largest absolute Gasteiger partial charge is 0.373 e. The summed E-state index contributed by atoms with van der Waals surface area (Å²) in [4.78, 5) is 18.3. The van der Waals surface area contributed by atoms with Crippen molar-refractivity contribution in [3.05, 3.63) is 112 Å². The third-order valence-electron chi connectivity index (χ3n) is 6.67. The Bertz CT molecular complexity index is 1390. The zero-order chi connectivity index (χ0) is 21.7. The zero-order valence-corrected chi connectivity index (χ0v) is 19.0. The molecular formula is C28H21BrN2O. The Balaban J connectivity index is 1.60. The van der Waals surface area contributed by atoms with Crippen molar-refractivity contribution in [3.63, 3.8) is 0 Å². The molecule has 2 aliphatic rings. The lowest BCUT2D eigenvalue weighted by atomic mass is 9.72. The van der Waals surface area contributed by atoms with Crippen LogP contribution in [-0.4, -0.2) is 10.8 Å². The molecule has 0 fully saturated rings. The number of ketones is 1. The molecule has 0 saturated carbocycles. The highest BCUT2D eigenvalue weighted by Gasteiger charge is 2.38. The van der Waals surface area contributed by atoms with Crippen LogP contribution >= 0.6 is 15.9 Å². The molecule has 0 amide bonds. The predicted octanol–water partition coefficient (Wildman–Crippen LogP) is 7.06. The van der Waals surface area contributed by atoms with Crippen LogP contribution in [-0.2, 0) is 4.79 Å². The summed E-state index contributed by atoms with van der Waals surface area (Å²) in [6.07, 6.45) is 3.20. The fourth-order valence-electron chi connectivity index (χ4n) is 5.23. The van der Waals surface area contributed by atoms with Crippen molar-refractivity contribution >= 4 is 43.9 Å². The first kappa shape index (κ1) is 19.4. The molecule has 0 spiro atoms. The highest BCUT2D eigenvalue weighted by atomic mass is 79.9. The third kappa shape index (κ3) is 3.09. The van der Waals surface area contributed by atoms with E-state index in [1.165, 1.54) is 5.56 Å². The first-order valence-corrected chi connectivity index (χ1v) is 11.7. The number of nitrogens with zero attached hydrogens (tertiary/aromatic N) is 1. The smallest absolute Gasteiger partial charge is 0.162 e. The molecule has 0 unspecified atom stereocenters. The lowest BCUT2D eigenvalue weighted by Crippen LogP contribution is -2.29. The molecule has 2 heterocycles. The number of benzene rings is 3. The van der Waals surface area contributed by atoms with E-state index >= 15 is 0 Å². The average Bonchev–Trinajstić information content (AvgIpc) is 2.84. The topological polar surface area (TPSA) is 42.0 Å². The molecule has 1 aliphatic heterocycles. The van der Waals surface area contributed by atoms with Crippen molar-refractivity contribution in [1.82, 2.24) is 4.98 Å². The summed E-state index contributed by atoms with van der Waals surface area (Å²) in [6, 6.07) is 26.7. The zero-order valence-electron chi connectivity index (χ0n) is 17.4. The SMILES string of the molecule is O=C1C[C@@H](c2ccccc2)CC2=C1[C@@H](c1ccccc1Br)Nc1ccc3ncccc3c12. The Hall–Kier alpha value is -3.24. The first-order chi connectivity index (χ1) is 15.7. The maximum atomic E-state index is 13.7. The van der Waals surface area contributed by atoms with Crippen molar-refractivity contribution in [2.75, 3.05) is 5.32 Å². The number of rotatable bonds is 2. The van der Waals surface area contributed by atoms with Crippen molar-refractivity contribution in [3.8, 4) is 0 Å². The Labute approximate surface area is 195 Å². The molecule has 4 heteroatoms. The van der Waals surface area contributed by atoms with Gasteiger partial charge in [-0.15, -0.1) is 0 Å². The van der Waals surface area contributed by atoms with Gasteiger partial charge >= 0.3 is 0 Å². The number of aromatic nitrogens is 1. The van der Waals surface area contributed by atoms with E-state index < -0.39 is 0 Å². The molecule has 1 N–H and O–H groups in total. The molecule has 3 nitrogen and oxygen atoms in total. The average molecular weight is 481 g/mol. The van der Waals surface area contributed by atoms with Crippen LogP contribution in [0.15, 0.2) is 95.1 Å². The van der Waals surface area contributed by atoms with E-state index in [0.29, 0.717) is 6.42 Å². The van der Waals surface area contributed by atoms with Crippen LogP contribution < -0.4 is 5.32 Å². The summed E-state index contributed by atoms with van der Waals surface area (Å²) < 4.78 is 1.01. The molecule has 0 radical (unpaired) electrons. The summed E-state index contributed by atoms with van der Waals surface area (Å²) in [5.74, 6) is 0.403. The number of fused-ring (bicyclic) bond motifs is 4. The summed E-state index contributed by atoms with van der Waals surface area (Å²) in [5.41, 5.74) is 7.51. The molecule has 0 bridgehead atoms. The Morgan fingerprint density at radius 2 is 1.69 bits per heavy atom. The number of anilines is 1. The van der Waals surface area contributed by atoms with Crippen LogP contribution in [0.1, 0.15) is 41.5 Å². The summed E-state index contributed by atoms with van der Waals surface area (Å²) in [5, 5.41) is 4.79. The number of carbonyl (C=O) groups is 1. The molecule has 2 atom stereocenters. The van der Waals surface area contributed by atoms with Crippen molar-refractivity contribution in [1.29, 1.82) is 0 Å². The lowest BCUT2D eigenvalue weighted by Gasteiger charge is -2.37. The maximum Gasteiger partial charge on any atom is 0.162 e. The van der Waals surface area contributed by atoms with Gasteiger partial charge < -0.3 is 5.32 Å². The van der Waals surface area contributed by atoms with E-state index in [9.17, 15) is 4.79 Å². The van der Waals surface area contributed by atoms with Crippen LogP contribution in [0.4, 0.5) is 5.69 Å². The van der Waals surface area contributed by atoms with Gasteiger partial charge in [0.1, 0.15) is 0 Å². The molecule has 156 valence electrons. The quantitative estimate of drug-likeness (QED) is 0.333. The summed E-state index contributed by atoms with van der Waals surface area (Å²) in [7, 11) is 0. The number of allylic oxidation sites excluding steroid dienone is 1. The highest BCUT2D eigenvalue weighted by Crippen LogP contribution is 2.51. The number of halogens is 1. The third-order valence-corrected chi connectivity index (χ3v) is 7.39. The second-order valence-electron chi connectivity index (χ2n) is 8.49. The Kier molecular flexibility index (Phi) is 4.69. The Morgan fingerprint density at radius 1 is 0.875 bits per heavy atom. The summed E-state index contributed by atoms with van der Waals surface area (Å²) in [6.45, 7) is 0. The van der Waals surface area contributed by atoms with Gasteiger partial charge in [0.15, 0.2) is 5.78 Å². The molecule has 3 aromatic carbocycles. The molecular weight excluding hydrogens is 460 g/mol. The predicted molar refractivity (Wildman–Crippen MR) is 133 cm³/mol. The van der Waals surface area contributed by atoms with Crippen LogP contribution in [0.2, 0.25) is 0 Å². The summed E-state index contributed by atoms with van der Waals surface area (Å²) >= 11 is 3.71. The molecule has 4 aromatic rings. The number of nitrogens with one attached hydrogen (secondary N) is 1. The highest BCUT2D eigenvalue weighted by molar-refractivity contribution is 9.10. The molecule has 0 saturated heterocycles. The van der Waals surface area contributed by atoms with E-state index in [0.717, 1.165) is 49.8 Å². The second kappa shape index (κ2) is 7.72. The number of carbonyl (C=O) groups excluding carboxylic acids is 1. The van der Waals surface area contributed by atoms with E-state index in [2.05, 4.69) is 74.8 Å². The van der Waals surface area contributed by atoms with Gasteiger partial charge in [-0.25, -0.2) is 0 Å². The van der Waals surface area contributed by atoms with E-state index in [1.54, 1.807) is 0 Å². The van der Waals surface area contributed by atoms with Gasteiger partial charge in [-0.05, 0) is 53.3 Å². The second-order valence-corrected chi connectivity index (χ2v) is 9.34. The molecule has 6 rings (SSSR count). The van der Waals surface area contributed by atoms with Crippen molar-refractivity contribution in [2.24, 2.45) is 0 Å². The number of Topliss-reactive ketones (excluding diaryl/α,β-unsaturated/α-hetero) is 1. The van der Waals surface area contributed by atoms with Gasteiger partial charge in [-0.3, -0.25) is 9.78 Å². The minimum absolute atomic E-state index is 0.175.